The van der Waals surface area contributed by atoms with E-state index in [2.05, 4.69) is 28.3 Å². The lowest BCUT2D eigenvalue weighted by molar-refractivity contribution is 0.215. The molecule has 1 unspecified atom stereocenters. The highest BCUT2D eigenvalue weighted by Gasteiger charge is 2.21. The van der Waals surface area contributed by atoms with E-state index in [0.29, 0.717) is 0 Å². The Kier molecular flexibility index (Phi) is 3.51. The van der Waals surface area contributed by atoms with Gasteiger partial charge in [-0.3, -0.25) is 9.97 Å². The van der Waals surface area contributed by atoms with Gasteiger partial charge in [0.25, 0.3) is 0 Å². The van der Waals surface area contributed by atoms with Crippen LogP contribution >= 0.6 is 0 Å². The normalized spacial score (nSPS) is 16.8. The van der Waals surface area contributed by atoms with Crippen molar-refractivity contribution in [3.8, 4) is 0 Å². The predicted molar refractivity (Wildman–Crippen MR) is 61.8 cm³/mol. The first-order valence-electron chi connectivity index (χ1n) is 5.66. The van der Waals surface area contributed by atoms with Gasteiger partial charge in [-0.25, -0.2) is 0 Å². The van der Waals surface area contributed by atoms with Crippen LogP contribution in [0.15, 0.2) is 24.2 Å². The lowest BCUT2D eigenvalue weighted by atomic mass is 10.1. The molecule has 0 spiro atoms. The molecular formula is C12H17N3O. The van der Waals surface area contributed by atoms with E-state index in [-0.39, 0.29) is 6.04 Å². The highest BCUT2D eigenvalue weighted by Crippen LogP contribution is 2.24. The number of hydrogen-bond donors (Lipinski definition) is 1. The van der Waals surface area contributed by atoms with Gasteiger partial charge >= 0.3 is 0 Å². The second kappa shape index (κ2) is 5.07. The van der Waals surface area contributed by atoms with Crippen molar-refractivity contribution in [2.45, 2.75) is 26.3 Å². The Balaban J connectivity index is 2.21. The molecule has 0 radical (unpaired) electrons. The zero-order chi connectivity index (χ0) is 11.4. The van der Waals surface area contributed by atoms with E-state index >= 15 is 0 Å². The third-order valence-electron chi connectivity index (χ3n) is 2.52. The Morgan fingerprint density at radius 3 is 2.88 bits per heavy atom. The largest absolute Gasteiger partial charge is 0.496 e. The van der Waals surface area contributed by atoms with Crippen molar-refractivity contribution < 1.29 is 4.74 Å². The van der Waals surface area contributed by atoms with E-state index in [1.165, 1.54) is 0 Å². The quantitative estimate of drug-likeness (QED) is 0.838. The van der Waals surface area contributed by atoms with E-state index in [1.807, 2.05) is 13.1 Å². The van der Waals surface area contributed by atoms with Gasteiger partial charge in [0.05, 0.1) is 24.2 Å². The summed E-state index contributed by atoms with van der Waals surface area (Å²) in [5.41, 5.74) is 1.85. The summed E-state index contributed by atoms with van der Waals surface area (Å²) >= 11 is 0. The van der Waals surface area contributed by atoms with Crippen LogP contribution in [-0.2, 0) is 4.74 Å². The lowest BCUT2D eigenvalue weighted by Crippen LogP contribution is -2.24. The van der Waals surface area contributed by atoms with Gasteiger partial charge in [0, 0.05) is 12.6 Å². The molecule has 1 aromatic heterocycles. The number of aromatic nitrogens is 2. The summed E-state index contributed by atoms with van der Waals surface area (Å²) in [5.74, 6) is 0.972. The molecular weight excluding hydrogens is 202 g/mol. The SMILES string of the molecule is CCNC(C1=CCCO1)c1cnc(C)cn1. The van der Waals surface area contributed by atoms with E-state index in [4.69, 9.17) is 4.74 Å². The summed E-state index contributed by atoms with van der Waals surface area (Å²) in [6.45, 7) is 5.66. The summed E-state index contributed by atoms with van der Waals surface area (Å²) in [5, 5.41) is 3.36. The average Bonchev–Trinajstić information content (AvgIpc) is 2.81. The Hall–Kier alpha value is -1.42. The second-order valence-electron chi connectivity index (χ2n) is 3.82. The highest BCUT2D eigenvalue weighted by molar-refractivity contribution is 5.18. The Morgan fingerprint density at radius 1 is 1.44 bits per heavy atom. The van der Waals surface area contributed by atoms with Crippen LogP contribution in [0.4, 0.5) is 0 Å². The Labute approximate surface area is 95.8 Å². The van der Waals surface area contributed by atoms with Gasteiger partial charge in [0.15, 0.2) is 0 Å². The lowest BCUT2D eigenvalue weighted by Gasteiger charge is -2.18. The van der Waals surface area contributed by atoms with E-state index < -0.39 is 0 Å². The summed E-state index contributed by atoms with van der Waals surface area (Å²) in [4.78, 5) is 8.66. The first-order chi connectivity index (χ1) is 7.81. The molecule has 0 fully saturated rings. The minimum absolute atomic E-state index is 0.0422. The highest BCUT2D eigenvalue weighted by atomic mass is 16.5. The first kappa shape index (κ1) is 11.1. The van der Waals surface area contributed by atoms with Crippen LogP contribution in [0.1, 0.15) is 30.8 Å². The maximum atomic E-state index is 5.58. The smallest absolute Gasteiger partial charge is 0.115 e. The number of rotatable bonds is 4. The molecule has 1 aliphatic rings. The third kappa shape index (κ3) is 2.39. The molecule has 2 heterocycles. The van der Waals surface area contributed by atoms with Crippen LogP contribution < -0.4 is 5.32 Å². The van der Waals surface area contributed by atoms with Crippen molar-refractivity contribution in [3.63, 3.8) is 0 Å². The number of nitrogens with zero attached hydrogens (tertiary/aromatic N) is 2. The first-order valence-corrected chi connectivity index (χ1v) is 5.66. The van der Waals surface area contributed by atoms with Crippen molar-refractivity contribution in [3.05, 3.63) is 35.6 Å². The number of likely N-dealkylation sites (N-methyl/N-ethyl adjacent to an activating group) is 1. The molecule has 0 aliphatic carbocycles. The number of ether oxygens (including phenoxy) is 1. The van der Waals surface area contributed by atoms with Crippen LogP contribution in [0.2, 0.25) is 0 Å². The Morgan fingerprint density at radius 2 is 2.31 bits per heavy atom. The zero-order valence-electron chi connectivity index (χ0n) is 9.73. The fourth-order valence-corrected chi connectivity index (χ4v) is 1.74. The minimum Gasteiger partial charge on any atom is -0.496 e. The molecule has 1 aliphatic heterocycles. The monoisotopic (exact) mass is 219 g/mol. The molecule has 0 saturated heterocycles. The van der Waals surface area contributed by atoms with Crippen molar-refractivity contribution in [2.75, 3.05) is 13.2 Å². The zero-order valence-corrected chi connectivity index (χ0v) is 9.73. The average molecular weight is 219 g/mol. The van der Waals surface area contributed by atoms with Crippen molar-refractivity contribution in [2.24, 2.45) is 0 Å². The molecule has 1 N–H and O–H groups in total. The molecule has 4 heteroatoms. The summed E-state index contributed by atoms with van der Waals surface area (Å²) in [6.07, 6.45) is 6.70. The molecule has 0 saturated carbocycles. The van der Waals surface area contributed by atoms with Crippen molar-refractivity contribution in [1.82, 2.24) is 15.3 Å². The van der Waals surface area contributed by atoms with Gasteiger partial charge in [-0.2, -0.15) is 0 Å². The van der Waals surface area contributed by atoms with E-state index in [1.54, 1.807) is 6.20 Å². The Bertz CT molecular complexity index is 372. The molecule has 0 amide bonds. The van der Waals surface area contributed by atoms with Gasteiger partial charge in [0.2, 0.25) is 0 Å². The summed E-state index contributed by atoms with van der Waals surface area (Å²) < 4.78 is 5.58. The molecule has 2 rings (SSSR count). The van der Waals surface area contributed by atoms with Crippen molar-refractivity contribution in [1.29, 1.82) is 0 Å². The van der Waals surface area contributed by atoms with Gasteiger partial charge < -0.3 is 10.1 Å². The maximum Gasteiger partial charge on any atom is 0.115 e. The number of nitrogens with one attached hydrogen (secondary N) is 1. The van der Waals surface area contributed by atoms with Crippen LogP contribution in [-0.4, -0.2) is 23.1 Å². The predicted octanol–water partition coefficient (Wildman–Crippen LogP) is 1.74. The molecule has 0 aromatic carbocycles. The van der Waals surface area contributed by atoms with Gasteiger partial charge in [-0.15, -0.1) is 0 Å². The van der Waals surface area contributed by atoms with Gasteiger partial charge in [0.1, 0.15) is 11.8 Å². The van der Waals surface area contributed by atoms with Crippen LogP contribution in [0.3, 0.4) is 0 Å². The minimum atomic E-state index is 0.0422. The fraction of sp³-hybridized carbons (Fsp3) is 0.500. The van der Waals surface area contributed by atoms with E-state index in [9.17, 15) is 0 Å². The maximum absolute atomic E-state index is 5.58. The summed E-state index contributed by atoms with van der Waals surface area (Å²) in [6, 6.07) is 0.0422. The second-order valence-corrected chi connectivity index (χ2v) is 3.82. The molecule has 0 bridgehead atoms. The number of aryl methyl sites for hydroxylation is 1. The van der Waals surface area contributed by atoms with Crippen LogP contribution in [0, 0.1) is 6.92 Å². The number of hydrogen-bond acceptors (Lipinski definition) is 4. The fourth-order valence-electron chi connectivity index (χ4n) is 1.74. The molecule has 1 atom stereocenters. The van der Waals surface area contributed by atoms with Crippen molar-refractivity contribution >= 4 is 0 Å². The topological polar surface area (TPSA) is 47.0 Å². The molecule has 16 heavy (non-hydrogen) atoms. The van der Waals surface area contributed by atoms with Crippen LogP contribution in [0.25, 0.3) is 0 Å². The molecule has 86 valence electrons. The third-order valence-corrected chi connectivity index (χ3v) is 2.52. The summed E-state index contributed by atoms with van der Waals surface area (Å²) in [7, 11) is 0. The van der Waals surface area contributed by atoms with Gasteiger partial charge in [-0.1, -0.05) is 6.92 Å². The molecule has 4 nitrogen and oxygen atoms in total. The van der Waals surface area contributed by atoms with E-state index in [0.717, 1.165) is 36.7 Å². The van der Waals surface area contributed by atoms with Crippen LogP contribution in [0.5, 0.6) is 0 Å². The van der Waals surface area contributed by atoms with Gasteiger partial charge in [-0.05, 0) is 19.5 Å². The molecule has 1 aromatic rings. The standard InChI is InChI=1S/C12H17N3O/c1-3-13-12(11-5-4-6-16-11)10-8-14-9(2)7-15-10/h5,7-8,12-13H,3-4,6H2,1-2H3.